The molecule has 0 heterocycles. The van der Waals surface area contributed by atoms with E-state index in [0.29, 0.717) is 0 Å². The molecule has 0 spiro atoms. The van der Waals surface area contributed by atoms with Crippen molar-refractivity contribution in [2.45, 2.75) is 24.4 Å². The van der Waals surface area contributed by atoms with Gasteiger partial charge in [-0.1, -0.05) is 0 Å². The molecule has 0 saturated carbocycles. The van der Waals surface area contributed by atoms with Crippen LogP contribution < -0.4 is 0 Å². The highest BCUT2D eigenvalue weighted by Gasteiger charge is 2.29. The highest BCUT2D eigenvalue weighted by Crippen LogP contribution is 2.02. The highest BCUT2D eigenvalue weighted by molar-refractivity contribution is 5.56. The van der Waals surface area contributed by atoms with Crippen molar-refractivity contribution < 1.29 is 31.7 Å². The zero-order chi connectivity index (χ0) is 10.6. The first-order chi connectivity index (χ1) is 5.91. The third-order valence-corrected chi connectivity index (χ3v) is 1.34. The molecule has 0 rings (SSSR count). The van der Waals surface area contributed by atoms with Crippen LogP contribution in [0.4, 0.5) is 0 Å². The lowest BCUT2D eigenvalue weighted by molar-refractivity contribution is -0.136. The molecule has 6 heteroatoms. The molecule has 12 heavy (non-hydrogen) atoms. The molecule has 0 saturated heterocycles. The molecule has 0 aliphatic carbocycles. The van der Waals surface area contributed by atoms with Gasteiger partial charge in [0.05, 0.1) is 7.95 Å². The van der Waals surface area contributed by atoms with Crippen LogP contribution in [0.5, 0.6) is 0 Å². The summed E-state index contributed by atoms with van der Waals surface area (Å²) in [4.78, 5) is 9.93. The molecule has 0 aliphatic rings. The van der Waals surface area contributed by atoms with E-state index in [4.69, 9.17) is 26.9 Å². The quantitative estimate of drug-likeness (QED) is 0.282. The number of hydrogen-bond acceptors (Lipinski definition) is 6. The largest absolute Gasteiger partial charge is 0.394 e. The summed E-state index contributed by atoms with van der Waals surface area (Å²) in [5.41, 5.74) is 0. The fourth-order valence-electron chi connectivity index (χ4n) is 0.573. The zero-order valence-corrected chi connectivity index (χ0v) is 6.11. The van der Waals surface area contributed by atoms with E-state index >= 15 is 0 Å². The van der Waals surface area contributed by atoms with Gasteiger partial charge in [-0.15, -0.1) is 0 Å². The van der Waals surface area contributed by atoms with Crippen LogP contribution in [0, 0.1) is 0 Å². The Labute approximate surface area is 70.1 Å². The monoisotopic (exact) mass is 181 g/mol. The minimum Gasteiger partial charge on any atom is -0.394 e. The minimum atomic E-state index is -2.01. The number of aldehydes is 1. The minimum absolute atomic E-state index is 0.0308. The number of hydrogen-bond donors (Lipinski definition) is 5. The number of carbonyl (C=O) groups is 1. The zero-order valence-electron chi connectivity index (χ0n) is 7.11. The Bertz CT molecular complexity index is 163. The van der Waals surface area contributed by atoms with Gasteiger partial charge in [0.15, 0.2) is 6.29 Å². The van der Waals surface area contributed by atoms with Gasteiger partial charge in [-0.2, -0.15) is 0 Å². The van der Waals surface area contributed by atoms with Crippen LogP contribution in [0.1, 0.15) is 1.37 Å². The van der Waals surface area contributed by atoms with Crippen molar-refractivity contribution in [3.05, 3.63) is 0 Å². The molecule has 5 atom stereocenters. The number of aliphatic hydroxyl groups is 5. The SMILES string of the molecule is [2H]C(O)[C@@H](O)[C@H](O)[C@H](O)[C@@H](O)C=O. The smallest absolute Gasteiger partial charge is 0.151 e. The topological polar surface area (TPSA) is 118 Å². The summed E-state index contributed by atoms with van der Waals surface area (Å²) in [7, 11) is 0. The lowest BCUT2D eigenvalue weighted by Crippen LogP contribution is -2.46. The van der Waals surface area contributed by atoms with Gasteiger partial charge in [0, 0.05) is 0 Å². The second-order valence-electron chi connectivity index (χ2n) is 2.25. The number of carbonyl (C=O) groups excluding carboxylic acids is 1. The van der Waals surface area contributed by atoms with Crippen LogP contribution in [0.3, 0.4) is 0 Å². The summed E-state index contributed by atoms with van der Waals surface area (Å²) < 4.78 is 6.57. The Morgan fingerprint density at radius 1 is 1.25 bits per heavy atom. The summed E-state index contributed by atoms with van der Waals surface area (Å²) in [5.74, 6) is 0. The molecule has 0 radical (unpaired) electrons. The maximum Gasteiger partial charge on any atom is 0.151 e. The van der Waals surface area contributed by atoms with Crippen molar-refractivity contribution in [3.8, 4) is 0 Å². The van der Waals surface area contributed by atoms with Crippen molar-refractivity contribution in [1.29, 1.82) is 0 Å². The van der Waals surface area contributed by atoms with Gasteiger partial charge >= 0.3 is 0 Å². The standard InChI is InChI=1S/C6H12O6/c7-1-3(9)5(11)6(12)4(10)2-8/h1,3-6,8-12H,2H2/t3-,4+,5+,6-/m0/s1/i2D/t2?,3-,4+,5+,6-. The molecule has 6 nitrogen and oxygen atoms in total. The summed E-state index contributed by atoms with van der Waals surface area (Å²) in [6.07, 6.45) is -7.70. The Kier molecular flexibility index (Phi) is 4.12. The van der Waals surface area contributed by atoms with Crippen LogP contribution in [0.25, 0.3) is 0 Å². The van der Waals surface area contributed by atoms with Gasteiger partial charge in [0.25, 0.3) is 0 Å². The van der Waals surface area contributed by atoms with E-state index in [9.17, 15) is 4.79 Å². The molecule has 0 fully saturated rings. The third-order valence-electron chi connectivity index (χ3n) is 1.34. The molecule has 0 aromatic carbocycles. The lowest BCUT2D eigenvalue weighted by Gasteiger charge is -2.22. The van der Waals surface area contributed by atoms with Gasteiger partial charge in [0.1, 0.15) is 24.4 Å². The van der Waals surface area contributed by atoms with Gasteiger partial charge < -0.3 is 30.3 Å². The van der Waals surface area contributed by atoms with E-state index in [1.54, 1.807) is 0 Å². The van der Waals surface area contributed by atoms with E-state index in [-0.39, 0.29) is 6.29 Å². The third kappa shape index (κ3) is 2.84. The van der Waals surface area contributed by atoms with Crippen LogP contribution >= 0.6 is 0 Å². The van der Waals surface area contributed by atoms with E-state index in [2.05, 4.69) is 0 Å². The molecule has 0 aromatic heterocycles. The number of rotatable bonds is 5. The van der Waals surface area contributed by atoms with Gasteiger partial charge in [-0.05, 0) is 0 Å². The molecule has 0 aromatic rings. The summed E-state index contributed by atoms with van der Waals surface area (Å²) in [6, 6.07) is 0. The van der Waals surface area contributed by atoms with E-state index in [0.717, 1.165) is 0 Å². The van der Waals surface area contributed by atoms with Crippen LogP contribution in [0.2, 0.25) is 0 Å². The van der Waals surface area contributed by atoms with Gasteiger partial charge in [-0.3, -0.25) is 0 Å². The van der Waals surface area contributed by atoms with Gasteiger partial charge in [-0.25, -0.2) is 0 Å². The predicted molar refractivity (Wildman–Crippen MR) is 37.2 cm³/mol. The Morgan fingerprint density at radius 3 is 2.08 bits per heavy atom. The molecule has 72 valence electrons. The Balaban J connectivity index is 4.23. The van der Waals surface area contributed by atoms with Crippen molar-refractivity contribution >= 4 is 6.29 Å². The van der Waals surface area contributed by atoms with Crippen LogP contribution in [-0.2, 0) is 4.79 Å². The van der Waals surface area contributed by atoms with Crippen LogP contribution in [-0.4, -0.2) is 62.8 Å². The fraction of sp³-hybridized carbons (Fsp3) is 0.833. The molecule has 5 N–H and O–H groups in total. The first-order valence-electron chi connectivity index (χ1n) is 3.77. The summed E-state index contributed by atoms with van der Waals surface area (Å²) >= 11 is 0. The summed E-state index contributed by atoms with van der Waals surface area (Å²) in [5, 5.41) is 43.9. The lowest BCUT2D eigenvalue weighted by atomic mass is 10.0. The second kappa shape index (κ2) is 5.18. The maximum absolute atomic E-state index is 9.93. The summed E-state index contributed by atoms with van der Waals surface area (Å²) in [6.45, 7) is -2.01. The van der Waals surface area contributed by atoms with E-state index < -0.39 is 31.0 Å². The molecular weight excluding hydrogens is 168 g/mol. The van der Waals surface area contributed by atoms with E-state index in [1.807, 2.05) is 0 Å². The van der Waals surface area contributed by atoms with E-state index in [1.165, 1.54) is 0 Å². The Morgan fingerprint density at radius 2 is 1.75 bits per heavy atom. The van der Waals surface area contributed by atoms with Crippen molar-refractivity contribution in [3.63, 3.8) is 0 Å². The van der Waals surface area contributed by atoms with Gasteiger partial charge in [0.2, 0.25) is 0 Å². The fourth-order valence-corrected chi connectivity index (χ4v) is 0.573. The molecule has 1 unspecified atom stereocenters. The molecule has 0 aliphatic heterocycles. The van der Waals surface area contributed by atoms with Crippen LogP contribution in [0.15, 0.2) is 0 Å². The predicted octanol–water partition coefficient (Wildman–Crippen LogP) is -3.38. The molecule has 0 amide bonds. The maximum atomic E-state index is 9.93. The Hall–Kier alpha value is -0.530. The van der Waals surface area contributed by atoms with Crippen molar-refractivity contribution in [2.75, 3.05) is 6.58 Å². The first-order valence-corrected chi connectivity index (χ1v) is 3.19. The molecule has 0 bridgehead atoms. The average molecular weight is 181 g/mol. The first kappa shape index (κ1) is 9.56. The number of aliphatic hydroxyl groups excluding tert-OH is 5. The average Bonchev–Trinajstić information content (AvgIpc) is 2.12. The normalized spacial score (nSPS) is 24.9. The van der Waals surface area contributed by atoms with Crippen molar-refractivity contribution in [2.24, 2.45) is 0 Å². The molecular formula is C6H12O6. The second-order valence-corrected chi connectivity index (χ2v) is 2.25. The van der Waals surface area contributed by atoms with Crippen molar-refractivity contribution in [1.82, 2.24) is 0 Å². The highest BCUT2D eigenvalue weighted by atomic mass is 16.4.